The Morgan fingerprint density at radius 2 is 1.17 bits per heavy atom. The highest BCUT2D eigenvalue weighted by molar-refractivity contribution is 5.18. The Morgan fingerprint density at radius 1 is 0.583 bits per heavy atom. The molecule has 212 valence electrons. The van der Waals surface area contributed by atoms with Crippen molar-refractivity contribution in [2.24, 2.45) is 0 Å². The van der Waals surface area contributed by atoms with Crippen molar-refractivity contribution in [1.82, 2.24) is 5.32 Å². The van der Waals surface area contributed by atoms with E-state index >= 15 is 0 Å². The van der Waals surface area contributed by atoms with E-state index in [0.29, 0.717) is 19.8 Å². The molecule has 0 saturated heterocycles. The first kappa shape index (κ1) is 33.3. The predicted molar refractivity (Wildman–Crippen MR) is 156 cm³/mol. The van der Waals surface area contributed by atoms with Gasteiger partial charge in [0.05, 0.1) is 25.4 Å². The minimum Gasteiger partial charge on any atom is -0.379 e. The van der Waals surface area contributed by atoms with Crippen LogP contribution in [0.25, 0.3) is 0 Å². The van der Waals surface area contributed by atoms with Crippen LogP contribution in [0, 0.1) is 0 Å². The van der Waals surface area contributed by atoms with Gasteiger partial charge >= 0.3 is 0 Å². The van der Waals surface area contributed by atoms with Gasteiger partial charge in [0.1, 0.15) is 0 Å². The summed E-state index contributed by atoms with van der Waals surface area (Å²) in [5, 5.41) is 3.34. The van der Waals surface area contributed by atoms with Crippen LogP contribution in [-0.4, -0.2) is 51.7 Å². The fourth-order valence-corrected chi connectivity index (χ4v) is 4.77. The van der Waals surface area contributed by atoms with Crippen molar-refractivity contribution < 1.29 is 14.2 Å². The third-order valence-corrected chi connectivity index (χ3v) is 7.14. The number of hydrogen-bond acceptors (Lipinski definition) is 4. The van der Waals surface area contributed by atoms with Crippen molar-refractivity contribution in [1.29, 1.82) is 0 Å². The second-order valence-electron chi connectivity index (χ2n) is 10.6. The summed E-state index contributed by atoms with van der Waals surface area (Å²) in [5.74, 6) is 0. The molecule has 0 aliphatic heterocycles. The average Bonchev–Trinajstić information content (AvgIpc) is 2.90. The topological polar surface area (TPSA) is 39.7 Å². The van der Waals surface area contributed by atoms with Crippen LogP contribution in [0.5, 0.6) is 0 Å². The molecule has 1 N–H and O–H groups in total. The molecule has 0 aromatic heterocycles. The normalized spacial score (nSPS) is 17.3. The second kappa shape index (κ2) is 25.9. The Kier molecular flexibility index (Phi) is 24.0. The lowest BCUT2D eigenvalue weighted by Gasteiger charge is -2.31. The first-order valence-corrected chi connectivity index (χ1v) is 15.7. The van der Waals surface area contributed by atoms with Crippen molar-refractivity contribution in [3.8, 4) is 0 Å². The average molecular weight is 508 g/mol. The molecule has 0 saturated carbocycles. The summed E-state index contributed by atoms with van der Waals surface area (Å²) in [5.41, 5.74) is -0.185. The van der Waals surface area contributed by atoms with E-state index in [1.54, 1.807) is 0 Å². The number of nitrogens with one attached hydrogen (secondary N) is 1. The molecule has 4 heteroatoms. The molecule has 1 atom stereocenters. The molecule has 4 nitrogen and oxygen atoms in total. The standard InChI is InChI=1S/C32H61NO3/c1-3-5-6-7-8-9-10-11-12-13-14-15-16-17-21-27-36-32(22-19-18-20-23-32)24-28-34-30-31-35-29-26-33-25-4-2/h18-20,22,33H,3-17,21,23-31H2,1-2H3. The lowest BCUT2D eigenvalue weighted by molar-refractivity contribution is -0.0381. The van der Waals surface area contributed by atoms with Crippen LogP contribution in [-0.2, 0) is 14.2 Å². The minimum absolute atomic E-state index is 0.185. The van der Waals surface area contributed by atoms with E-state index in [-0.39, 0.29) is 5.60 Å². The van der Waals surface area contributed by atoms with Crippen molar-refractivity contribution >= 4 is 0 Å². The van der Waals surface area contributed by atoms with Gasteiger partial charge in [0.2, 0.25) is 0 Å². The number of allylic oxidation sites excluding steroid dienone is 2. The van der Waals surface area contributed by atoms with Crippen LogP contribution in [0.1, 0.15) is 129 Å². The van der Waals surface area contributed by atoms with Crippen LogP contribution in [0.15, 0.2) is 24.3 Å². The third kappa shape index (κ3) is 20.4. The summed E-state index contributed by atoms with van der Waals surface area (Å²) < 4.78 is 17.9. The number of rotatable bonds is 28. The van der Waals surface area contributed by atoms with Gasteiger partial charge < -0.3 is 19.5 Å². The zero-order valence-electron chi connectivity index (χ0n) is 24.2. The fraction of sp³-hybridized carbons (Fsp3) is 0.875. The monoisotopic (exact) mass is 507 g/mol. The van der Waals surface area contributed by atoms with Gasteiger partial charge in [-0.3, -0.25) is 0 Å². The van der Waals surface area contributed by atoms with Crippen molar-refractivity contribution in [2.45, 2.75) is 135 Å². The summed E-state index contributed by atoms with van der Waals surface area (Å²) in [6.45, 7) is 10.1. The second-order valence-corrected chi connectivity index (χ2v) is 10.6. The molecule has 1 aliphatic rings. The Labute approximate surface area is 225 Å². The van der Waals surface area contributed by atoms with Crippen LogP contribution in [0.3, 0.4) is 0 Å². The highest BCUT2D eigenvalue weighted by Gasteiger charge is 2.27. The van der Waals surface area contributed by atoms with Gasteiger partial charge in [0.15, 0.2) is 0 Å². The summed E-state index contributed by atoms with van der Waals surface area (Å²) in [4.78, 5) is 0. The first-order valence-electron chi connectivity index (χ1n) is 15.7. The van der Waals surface area contributed by atoms with E-state index in [4.69, 9.17) is 14.2 Å². The van der Waals surface area contributed by atoms with Gasteiger partial charge in [-0.1, -0.05) is 128 Å². The lowest BCUT2D eigenvalue weighted by Crippen LogP contribution is -2.33. The molecule has 0 aromatic rings. The molecule has 0 aromatic carbocycles. The Hall–Kier alpha value is -0.680. The highest BCUT2D eigenvalue weighted by Crippen LogP contribution is 2.27. The zero-order valence-corrected chi connectivity index (χ0v) is 24.2. The van der Waals surface area contributed by atoms with E-state index in [1.807, 2.05) is 0 Å². The van der Waals surface area contributed by atoms with E-state index in [2.05, 4.69) is 43.5 Å². The van der Waals surface area contributed by atoms with Gasteiger partial charge in [-0.2, -0.15) is 0 Å². The van der Waals surface area contributed by atoms with Gasteiger partial charge in [-0.05, 0) is 25.8 Å². The van der Waals surface area contributed by atoms with Crippen LogP contribution < -0.4 is 5.32 Å². The first-order chi connectivity index (χ1) is 17.8. The summed E-state index contributed by atoms with van der Waals surface area (Å²) in [6, 6.07) is 0. The van der Waals surface area contributed by atoms with Gasteiger partial charge in [0, 0.05) is 26.2 Å². The molecule has 0 heterocycles. The Balaban J connectivity index is 1.94. The smallest absolute Gasteiger partial charge is 0.0921 e. The molecule has 0 bridgehead atoms. The lowest BCUT2D eigenvalue weighted by atomic mass is 9.91. The minimum atomic E-state index is -0.185. The number of unbranched alkanes of at least 4 members (excludes halogenated alkanes) is 14. The largest absolute Gasteiger partial charge is 0.379 e. The predicted octanol–water partition coefficient (Wildman–Crippen LogP) is 8.55. The quantitative estimate of drug-likeness (QED) is 0.108. The van der Waals surface area contributed by atoms with E-state index in [1.165, 1.54) is 89.9 Å². The molecule has 0 radical (unpaired) electrons. The van der Waals surface area contributed by atoms with Crippen LogP contribution in [0.2, 0.25) is 0 Å². The molecule has 0 spiro atoms. The number of hydrogen-bond donors (Lipinski definition) is 1. The van der Waals surface area contributed by atoms with E-state index in [0.717, 1.165) is 52.0 Å². The van der Waals surface area contributed by atoms with Crippen LogP contribution in [0.4, 0.5) is 0 Å². The van der Waals surface area contributed by atoms with Crippen molar-refractivity contribution in [3.05, 3.63) is 24.3 Å². The molecule has 0 amide bonds. The summed E-state index contributed by atoms with van der Waals surface area (Å²) in [6.07, 6.45) is 32.6. The molecule has 0 fully saturated rings. The maximum atomic E-state index is 6.41. The van der Waals surface area contributed by atoms with Crippen LogP contribution >= 0.6 is 0 Å². The van der Waals surface area contributed by atoms with E-state index < -0.39 is 0 Å². The molecule has 1 aliphatic carbocycles. The van der Waals surface area contributed by atoms with Gasteiger partial charge in [-0.25, -0.2) is 0 Å². The van der Waals surface area contributed by atoms with Crippen molar-refractivity contribution in [2.75, 3.05) is 46.1 Å². The Morgan fingerprint density at radius 3 is 1.72 bits per heavy atom. The molecule has 1 rings (SSSR count). The zero-order chi connectivity index (χ0) is 25.8. The molecular weight excluding hydrogens is 446 g/mol. The van der Waals surface area contributed by atoms with Gasteiger partial charge in [-0.15, -0.1) is 0 Å². The highest BCUT2D eigenvalue weighted by atomic mass is 16.5. The number of ether oxygens (including phenoxy) is 3. The third-order valence-electron chi connectivity index (χ3n) is 7.14. The fourth-order valence-electron chi connectivity index (χ4n) is 4.77. The summed E-state index contributed by atoms with van der Waals surface area (Å²) >= 11 is 0. The molecule has 1 unspecified atom stereocenters. The Bertz CT molecular complexity index is 508. The summed E-state index contributed by atoms with van der Waals surface area (Å²) in [7, 11) is 0. The maximum Gasteiger partial charge on any atom is 0.0921 e. The molecule has 36 heavy (non-hydrogen) atoms. The molecular formula is C32H61NO3. The maximum absolute atomic E-state index is 6.41. The van der Waals surface area contributed by atoms with E-state index in [9.17, 15) is 0 Å². The van der Waals surface area contributed by atoms with Gasteiger partial charge in [0.25, 0.3) is 0 Å². The SMILES string of the molecule is CCCCCCCCCCCCCCCCCOC1(CCOCCOCCNCCC)C=CC=CC1. The van der Waals surface area contributed by atoms with Crippen molar-refractivity contribution in [3.63, 3.8) is 0 Å².